The summed E-state index contributed by atoms with van der Waals surface area (Å²) >= 11 is 0. The minimum absolute atomic E-state index is 0.0965. The van der Waals surface area contributed by atoms with E-state index in [1.54, 1.807) is 0 Å². The van der Waals surface area contributed by atoms with Crippen LogP contribution in [0.1, 0.15) is 34.9 Å². The minimum Gasteiger partial charge on any atom is -0.338 e. The molecule has 0 bridgehead atoms. The zero-order valence-electron chi connectivity index (χ0n) is 15.0. The van der Waals surface area contributed by atoms with Crippen LogP contribution in [0.25, 0.3) is 16.4 Å². The molecule has 3 heterocycles. The van der Waals surface area contributed by atoms with E-state index in [9.17, 15) is 4.79 Å². The topological polar surface area (TPSA) is 50.5 Å². The molecule has 0 saturated carbocycles. The van der Waals surface area contributed by atoms with E-state index in [1.165, 1.54) is 0 Å². The lowest BCUT2D eigenvalue weighted by atomic mass is 9.96. The molecule has 1 aliphatic rings. The fraction of sp³-hybridized carbons (Fsp3) is 0.227. The van der Waals surface area contributed by atoms with Gasteiger partial charge in [0.25, 0.3) is 5.91 Å². The Hall–Kier alpha value is -3.21. The van der Waals surface area contributed by atoms with E-state index in [0.29, 0.717) is 6.54 Å². The van der Waals surface area contributed by atoms with Crippen LogP contribution in [0, 0.1) is 0 Å². The number of likely N-dealkylation sites (tertiary alicyclic amines) is 1. The normalized spacial score (nSPS) is 17.5. The molecule has 0 N–H and O–H groups in total. The maximum Gasteiger partial charge on any atom is 0.253 e. The molecule has 1 amide bonds. The molecule has 5 nitrogen and oxygen atoms in total. The average Bonchev–Trinajstić information content (AvgIpc) is 3.17. The first-order valence-corrected chi connectivity index (χ1v) is 9.37. The first kappa shape index (κ1) is 16.0. The molecule has 27 heavy (non-hydrogen) atoms. The lowest BCUT2D eigenvalue weighted by Gasteiger charge is -2.32. The molecular formula is C22H20N4O. The molecule has 134 valence electrons. The SMILES string of the molecule is O=C(c1ccc2ccccc2c1)N1CCC[C@@H](c2nnc3ccccn23)C1. The number of benzene rings is 2. The number of piperidine rings is 1. The predicted molar refractivity (Wildman–Crippen MR) is 105 cm³/mol. The summed E-state index contributed by atoms with van der Waals surface area (Å²) in [7, 11) is 0. The molecule has 1 fully saturated rings. The van der Waals surface area contributed by atoms with Crippen LogP contribution in [0.2, 0.25) is 0 Å². The van der Waals surface area contributed by atoms with Crippen molar-refractivity contribution < 1.29 is 4.79 Å². The fourth-order valence-electron chi connectivity index (χ4n) is 4.02. The van der Waals surface area contributed by atoms with Crippen molar-refractivity contribution in [1.29, 1.82) is 0 Å². The molecular weight excluding hydrogens is 336 g/mol. The van der Waals surface area contributed by atoms with Crippen molar-refractivity contribution in [3.05, 3.63) is 78.2 Å². The Labute approximate surface area is 157 Å². The third-order valence-electron chi connectivity index (χ3n) is 5.41. The first-order valence-electron chi connectivity index (χ1n) is 9.37. The van der Waals surface area contributed by atoms with Crippen LogP contribution in [0.15, 0.2) is 66.9 Å². The molecule has 5 heteroatoms. The molecule has 1 aliphatic heterocycles. The summed E-state index contributed by atoms with van der Waals surface area (Å²) in [4.78, 5) is 15.1. The second-order valence-corrected chi connectivity index (χ2v) is 7.14. The van der Waals surface area contributed by atoms with Crippen LogP contribution < -0.4 is 0 Å². The van der Waals surface area contributed by atoms with Crippen molar-refractivity contribution in [3.63, 3.8) is 0 Å². The summed E-state index contributed by atoms with van der Waals surface area (Å²) in [6, 6.07) is 20.0. The van der Waals surface area contributed by atoms with Crippen LogP contribution in [0.4, 0.5) is 0 Å². The number of carbonyl (C=O) groups is 1. The van der Waals surface area contributed by atoms with Crippen molar-refractivity contribution in [1.82, 2.24) is 19.5 Å². The average molecular weight is 356 g/mol. The third kappa shape index (κ3) is 2.85. The summed E-state index contributed by atoms with van der Waals surface area (Å²) in [5.41, 5.74) is 1.60. The van der Waals surface area contributed by atoms with E-state index in [2.05, 4.69) is 16.3 Å². The lowest BCUT2D eigenvalue weighted by molar-refractivity contribution is 0.0704. The number of carbonyl (C=O) groups excluding carboxylic acids is 1. The van der Waals surface area contributed by atoms with Gasteiger partial charge in [-0.2, -0.15) is 0 Å². The van der Waals surface area contributed by atoms with Gasteiger partial charge in [0.2, 0.25) is 0 Å². The summed E-state index contributed by atoms with van der Waals surface area (Å²) < 4.78 is 2.04. The summed E-state index contributed by atoms with van der Waals surface area (Å²) in [5, 5.41) is 10.9. The molecule has 0 spiro atoms. The van der Waals surface area contributed by atoms with Gasteiger partial charge in [0.15, 0.2) is 5.65 Å². The Morgan fingerprint density at radius 1 is 0.963 bits per heavy atom. The number of aromatic nitrogens is 3. The zero-order chi connectivity index (χ0) is 18.2. The Kier molecular flexibility index (Phi) is 3.85. The van der Waals surface area contributed by atoms with Crippen LogP contribution in [0.5, 0.6) is 0 Å². The molecule has 4 aromatic rings. The highest BCUT2D eigenvalue weighted by Crippen LogP contribution is 2.27. The van der Waals surface area contributed by atoms with E-state index >= 15 is 0 Å². The van der Waals surface area contributed by atoms with E-state index in [4.69, 9.17) is 0 Å². The van der Waals surface area contributed by atoms with Crippen LogP contribution in [0.3, 0.4) is 0 Å². The highest BCUT2D eigenvalue weighted by molar-refractivity contribution is 5.98. The predicted octanol–water partition coefficient (Wildman–Crippen LogP) is 3.90. The van der Waals surface area contributed by atoms with Crippen molar-refractivity contribution in [2.24, 2.45) is 0 Å². The molecule has 1 atom stereocenters. The molecule has 2 aromatic carbocycles. The summed E-state index contributed by atoms with van der Waals surface area (Å²) in [6.45, 7) is 1.47. The minimum atomic E-state index is 0.0965. The second-order valence-electron chi connectivity index (χ2n) is 7.14. The van der Waals surface area contributed by atoms with Crippen molar-refractivity contribution >= 4 is 22.3 Å². The maximum absolute atomic E-state index is 13.1. The molecule has 0 unspecified atom stereocenters. The third-order valence-corrected chi connectivity index (χ3v) is 5.41. The van der Waals surface area contributed by atoms with Gasteiger partial charge in [-0.1, -0.05) is 36.4 Å². The van der Waals surface area contributed by atoms with Crippen LogP contribution >= 0.6 is 0 Å². The van der Waals surface area contributed by atoms with Gasteiger partial charge in [-0.3, -0.25) is 9.20 Å². The van der Waals surface area contributed by atoms with E-state index in [-0.39, 0.29) is 11.8 Å². The van der Waals surface area contributed by atoms with Gasteiger partial charge < -0.3 is 4.90 Å². The Morgan fingerprint density at radius 2 is 1.81 bits per heavy atom. The summed E-state index contributed by atoms with van der Waals surface area (Å²) in [5.74, 6) is 1.25. The second kappa shape index (κ2) is 6.50. The number of hydrogen-bond donors (Lipinski definition) is 0. The van der Waals surface area contributed by atoms with E-state index in [1.807, 2.05) is 70.1 Å². The highest BCUT2D eigenvalue weighted by atomic mass is 16.2. The molecule has 0 aliphatic carbocycles. The van der Waals surface area contributed by atoms with Gasteiger partial charge in [-0.25, -0.2) is 0 Å². The lowest BCUT2D eigenvalue weighted by Crippen LogP contribution is -2.39. The van der Waals surface area contributed by atoms with Crippen molar-refractivity contribution in [3.8, 4) is 0 Å². The smallest absolute Gasteiger partial charge is 0.253 e. The molecule has 5 rings (SSSR count). The Bertz CT molecular complexity index is 1130. The quantitative estimate of drug-likeness (QED) is 0.547. The van der Waals surface area contributed by atoms with Crippen molar-refractivity contribution in [2.45, 2.75) is 18.8 Å². The van der Waals surface area contributed by atoms with Gasteiger partial charge in [0, 0.05) is 30.8 Å². The number of hydrogen-bond acceptors (Lipinski definition) is 3. The summed E-state index contributed by atoms with van der Waals surface area (Å²) in [6.07, 6.45) is 4.00. The van der Waals surface area contributed by atoms with E-state index < -0.39 is 0 Å². The van der Waals surface area contributed by atoms with Gasteiger partial charge in [-0.15, -0.1) is 10.2 Å². The molecule has 1 saturated heterocycles. The fourth-order valence-corrected chi connectivity index (χ4v) is 4.02. The Morgan fingerprint density at radius 3 is 2.74 bits per heavy atom. The van der Waals surface area contributed by atoms with Gasteiger partial charge in [-0.05, 0) is 47.9 Å². The van der Waals surface area contributed by atoms with Crippen molar-refractivity contribution in [2.75, 3.05) is 13.1 Å². The number of fused-ring (bicyclic) bond motifs is 2. The monoisotopic (exact) mass is 356 g/mol. The van der Waals surface area contributed by atoms with E-state index in [0.717, 1.165) is 47.2 Å². The number of pyridine rings is 1. The first-order chi connectivity index (χ1) is 13.3. The maximum atomic E-state index is 13.1. The standard InChI is InChI=1S/C22H20N4O/c27-22(18-11-10-16-6-1-2-7-17(16)14-18)25-12-5-8-19(15-25)21-24-23-20-9-3-4-13-26(20)21/h1-4,6-7,9-11,13-14,19H,5,8,12,15H2/t19-/m1/s1. The van der Waals surface area contributed by atoms with Crippen LogP contribution in [-0.2, 0) is 0 Å². The highest BCUT2D eigenvalue weighted by Gasteiger charge is 2.28. The zero-order valence-corrected chi connectivity index (χ0v) is 15.0. The van der Waals surface area contributed by atoms with Gasteiger partial charge >= 0.3 is 0 Å². The number of amides is 1. The molecule has 2 aromatic heterocycles. The van der Waals surface area contributed by atoms with Gasteiger partial charge in [0.05, 0.1) is 0 Å². The number of rotatable bonds is 2. The van der Waals surface area contributed by atoms with Gasteiger partial charge in [0.1, 0.15) is 5.82 Å². The Balaban J connectivity index is 1.42. The number of nitrogens with zero attached hydrogens (tertiary/aromatic N) is 4. The largest absolute Gasteiger partial charge is 0.338 e. The molecule has 0 radical (unpaired) electrons. The van der Waals surface area contributed by atoms with Crippen LogP contribution in [-0.4, -0.2) is 38.5 Å².